The van der Waals surface area contributed by atoms with Crippen molar-refractivity contribution in [3.8, 4) is 0 Å². The lowest BCUT2D eigenvalue weighted by atomic mass is 10.0. The summed E-state index contributed by atoms with van der Waals surface area (Å²) in [6, 6.07) is 6.75. The Hall–Kier alpha value is -1.13. The van der Waals surface area contributed by atoms with Crippen LogP contribution < -0.4 is 0 Å². The van der Waals surface area contributed by atoms with Crippen LogP contribution in [0.3, 0.4) is 0 Å². The zero-order valence-electron chi connectivity index (χ0n) is 14.1. The van der Waals surface area contributed by atoms with Crippen LogP contribution in [0.2, 0.25) is 0 Å². The fraction of sp³-hybridized carbons (Fsp3) is 0.556. The van der Waals surface area contributed by atoms with Crippen LogP contribution in [0.1, 0.15) is 52.0 Å². The van der Waals surface area contributed by atoms with E-state index in [1.54, 1.807) is 24.3 Å². The molecule has 4 heteroatoms. The predicted molar refractivity (Wildman–Crippen MR) is 91.4 cm³/mol. The SMILES string of the molecule is C=C(C)CC(CCCC(C)C)OS(=O)(=O)c1ccc(C)cc1. The van der Waals surface area contributed by atoms with Gasteiger partial charge in [0.05, 0.1) is 11.0 Å². The lowest BCUT2D eigenvalue weighted by Crippen LogP contribution is -2.19. The molecule has 1 aromatic rings. The average molecular weight is 324 g/mol. The minimum Gasteiger partial charge on any atom is -0.263 e. The Labute approximate surface area is 135 Å². The third kappa shape index (κ3) is 6.75. The van der Waals surface area contributed by atoms with Crippen LogP contribution in [-0.2, 0) is 14.3 Å². The van der Waals surface area contributed by atoms with E-state index in [2.05, 4.69) is 20.4 Å². The highest BCUT2D eigenvalue weighted by molar-refractivity contribution is 7.86. The molecule has 0 aliphatic rings. The van der Waals surface area contributed by atoms with Gasteiger partial charge in [0, 0.05) is 0 Å². The molecule has 0 radical (unpaired) electrons. The standard InChI is InChI=1S/C18H28O3S/c1-14(2)7-6-8-17(13-15(3)4)21-22(19,20)18-11-9-16(5)10-12-18/h9-12,14,17H,3,6-8,13H2,1-2,4-5H3. The zero-order chi connectivity index (χ0) is 16.8. The van der Waals surface area contributed by atoms with E-state index in [-0.39, 0.29) is 11.0 Å². The number of hydrogen-bond donors (Lipinski definition) is 0. The molecule has 0 amide bonds. The molecular weight excluding hydrogens is 296 g/mol. The van der Waals surface area contributed by atoms with Crippen molar-refractivity contribution >= 4 is 10.1 Å². The third-order valence-electron chi connectivity index (χ3n) is 3.46. The minimum atomic E-state index is -3.71. The van der Waals surface area contributed by atoms with E-state index in [1.165, 1.54) is 0 Å². The molecular formula is C18H28O3S. The molecule has 1 rings (SSSR count). The second-order valence-corrected chi connectivity index (χ2v) is 8.04. The lowest BCUT2D eigenvalue weighted by molar-refractivity contribution is 0.193. The van der Waals surface area contributed by atoms with Crippen molar-refractivity contribution in [2.24, 2.45) is 5.92 Å². The van der Waals surface area contributed by atoms with Gasteiger partial charge < -0.3 is 0 Å². The van der Waals surface area contributed by atoms with Gasteiger partial charge in [-0.3, -0.25) is 4.18 Å². The second-order valence-electron chi connectivity index (χ2n) is 6.47. The molecule has 0 N–H and O–H groups in total. The van der Waals surface area contributed by atoms with Crippen molar-refractivity contribution in [1.82, 2.24) is 0 Å². The molecule has 0 heterocycles. The topological polar surface area (TPSA) is 43.4 Å². The molecule has 3 nitrogen and oxygen atoms in total. The van der Waals surface area contributed by atoms with Gasteiger partial charge in [0.1, 0.15) is 0 Å². The first kappa shape index (κ1) is 18.9. The second kappa shape index (κ2) is 8.49. The van der Waals surface area contributed by atoms with Gasteiger partial charge in [0.2, 0.25) is 0 Å². The van der Waals surface area contributed by atoms with E-state index in [4.69, 9.17) is 4.18 Å². The first-order chi connectivity index (χ1) is 10.2. The van der Waals surface area contributed by atoms with Crippen LogP contribution in [0.25, 0.3) is 0 Å². The van der Waals surface area contributed by atoms with Gasteiger partial charge >= 0.3 is 0 Å². The summed E-state index contributed by atoms with van der Waals surface area (Å²) in [5.41, 5.74) is 1.96. The van der Waals surface area contributed by atoms with Crippen LogP contribution >= 0.6 is 0 Å². The Morgan fingerprint density at radius 1 is 1.18 bits per heavy atom. The molecule has 0 bridgehead atoms. The Bertz CT molecular complexity index is 571. The molecule has 0 aliphatic carbocycles. The third-order valence-corrected chi connectivity index (χ3v) is 4.83. The predicted octanol–water partition coefficient (Wildman–Crippen LogP) is 4.86. The molecule has 0 aliphatic heterocycles. The summed E-state index contributed by atoms with van der Waals surface area (Å²) in [7, 11) is -3.71. The van der Waals surface area contributed by atoms with Gasteiger partial charge in [-0.05, 0) is 44.7 Å². The lowest BCUT2D eigenvalue weighted by Gasteiger charge is -2.18. The van der Waals surface area contributed by atoms with Crippen LogP contribution in [0, 0.1) is 12.8 Å². The van der Waals surface area contributed by atoms with Gasteiger partial charge in [-0.15, -0.1) is 6.58 Å². The Balaban J connectivity index is 2.77. The summed E-state index contributed by atoms with van der Waals surface area (Å²) in [6.45, 7) is 12.0. The van der Waals surface area contributed by atoms with Crippen LogP contribution in [0.4, 0.5) is 0 Å². The van der Waals surface area contributed by atoms with Crippen molar-refractivity contribution in [3.63, 3.8) is 0 Å². The van der Waals surface area contributed by atoms with Crippen LogP contribution in [0.15, 0.2) is 41.3 Å². The highest BCUT2D eigenvalue weighted by Gasteiger charge is 2.21. The summed E-state index contributed by atoms with van der Waals surface area (Å²) in [5, 5.41) is 0. The van der Waals surface area contributed by atoms with Crippen molar-refractivity contribution in [3.05, 3.63) is 42.0 Å². The number of rotatable bonds is 9. The van der Waals surface area contributed by atoms with Gasteiger partial charge in [0.15, 0.2) is 0 Å². The van der Waals surface area contributed by atoms with E-state index in [0.717, 1.165) is 30.4 Å². The van der Waals surface area contributed by atoms with Gasteiger partial charge in [-0.2, -0.15) is 8.42 Å². The average Bonchev–Trinajstić information content (AvgIpc) is 2.37. The number of aryl methyl sites for hydroxylation is 1. The maximum absolute atomic E-state index is 12.4. The van der Waals surface area contributed by atoms with Crippen molar-refractivity contribution < 1.29 is 12.6 Å². The number of benzene rings is 1. The molecule has 0 fully saturated rings. The maximum atomic E-state index is 12.4. The molecule has 1 aromatic carbocycles. The smallest absolute Gasteiger partial charge is 0.263 e. The minimum absolute atomic E-state index is 0.216. The Morgan fingerprint density at radius 2 is 1.77 bits per heavy atom. The largest absolute Gasteiger partial charge is 0.297 e. The molecule has 0 saturated carbocycles. The zero-order valence-corrected chi connectivity index (χ0v) is 14.9. The Morgan fingerprint density at radius 3 is 2.27 bits per heavy atom. The Kier molecular flexibility index (Phi) is 7.30. The normalized spacial score (nSPS) is 13.3. The fourth-order valence-electron chi connectivity index (χ4n) is 2.27. The molecule has 0 saturated heterocycles. The van der Waals surface area contributed by atoms with Gasteiger partial charge in [0.25, 0.3) is 10.1 Å². The van der Waals surface area contributed by atoms with Gasteiger partial charge in [-0.1, -0.05) is 50.0 Å². The van der Waals surface area contributed by atoms with E-state index in [0.29, 0.717) is 12.3 Å². The molecule has 124 valence electrons. The van der Waals surface area contributed by atoms with E-state index in [9.17, 15) is 8.42 Å². The summed E-state index contributed by atoms with van der Waals surface area (Å²) in [5.74, 6) is 0.610. The molecule has 0 spiro atoms. The first-order valence-corrected chi connectivity index (χ1v) is 9.26. The van der Waals surface area contributed by atoms with E-state index in [1.807, 2.05) is 13.8 Å². The van der Waals surface area contributed by atoms with Gasteiger partial charge in [-0.25, -0.2) is 0 Å². The van der Waals surface area contributed by atoms with Crippen LogP contribution in [0.5, 0.6) is 0 Å². The molecule has 0 aromatic heterocycles. The maximum Gasteiger partial charge on any atom is 0.297 e. The van der Waals surface area contributed by atoms with Crippen molar-refractivity contribution in [1.29, 1.82) is 0 Å². The summed E-state index contributed by atoms with van der Waals surface area (Å²) in [6.07, 6.45) is 3.00. The van der Waals surface area contributed by atoms with Crippen LogP contribution in [-0.4, -0.2) is 14.5 Å². The molecule has 1 unspecified atom stereocenters. The summed E-state index contributed by atoms with van der Waals surface area (Å²) >= 11 is 0. The fourth-order valence-corrected chi connectivity index (χ4v) is 3.37. The highest BCUT2D eigenvalue weighted by atomic mass is 32.2. The quantitative estimate of drug-likeness (QED) is 0.481. The number of hydrogen-bond acceptors (Lipinski definition) is 3. The summed E-state index contributed by atoms with van der Waals surface area (Å²) < 4.78 is 30.2. The van der Waals surface area contributed by atoms with Crippen molar-refractivity contribution in [2.75, 3.05) is 0 Å². The first-order valence-electron chi connectivity index (χ1n) is 7.85. The monoisotopic (exact) mass is 324 g/mol. The van der Waals surface area contributed by atoms with E-state index >= 15 is 0 Å². The van der Waals surface area contributed by atoms with Crippen molar-refractivity contribution in [2.45, 2.75) is 64.4 Å². The summed E-state index contributed by atoms with van der Waals surface area (Å²) in [4.78, 5) is 0.216. The molecule has 1 atom stereocenters. The highest BCUT2D eigenvalue weighted by Crippen LogP contribution is 2.22. The molecule has 22 heavy (non-hydrogen) atoms. The van der Waals surface area contributed by atoms with E-state index < -0.39 is 10.1 Å².